The van der Waals surface area contributed by atoms with E-state index in [0.717, 1.165) is 30.4 Å². The van der Waals surface area contributed by atoms with Gasteiger partial charge in [-0.2, -0.15) is 0 Å². The molecule has 0 radical (unpaired) electrons. The van der Waals surface area contributed by atoms with Crippen LogP contribution in [-0.2, 0) is 16.0 Å². The van der Waals surface area contributed by atoms with Crippen LogP contribution in [0.5, 0.6) is 0 Å². The van der Waals surface area contributed by atoms with E-state index in [-0.39, 0.29) is 18.2 Å². The number of carbonyl (C=O) groups excluding carboxylic acids is 1. The molecule has 1 aromatic rings. The number of aliphatic carboxylic acids is 1. The van der Waals surface area contributed by atoms with Gasteiger partial charge in [0.2, 0.25) is 5.91 Å². The summed E-state index contributed by atoms with van der Waals surface area (Å²) in [5.74, 6) is -0.962. The molecule has 4 nitrogen and oxygen atoms in total. The van der Waals surface area contributed by atoms with E-state index >= 15 is 0 Å². The number of hydrogen-bond donors (Lipinski definition) is 2. The molecule has 3 N–H and O–H groups in total. The standard InChI is InChI=1S/C16H21NO3/c1-2-3-8-16(15(19)20)10-13(16)12-6-4-11(5-7-12)9-14(17)18/h4-7,13H,2-3,8-10H2,1H3,(H2,17,18)(H,19,20)/i/hD. The van der Waals surface area contributed by atoms with Gasteiger partial charge in [0, 0.05) is 5.92 Å². The molecule has 1 aromatic carbocycles. The van der Waals surface area contributed by atoms with Crippen molar-refractivity contribution in [1.82, 2.24) is 0 Å². The number of carboxylic acid groups (broad SMARTS) is 1. The molecule has 0 saturated heterocycles. The van der Waals surface area contributed by atoms with Crippen molar-refractivity contribution in [3.8, 4) is 0 Å². The van der Waals surface area contributed by atoms with Crippen LogP contribution in [0.15, 0.2) is 24.3 Å². The van der Waals surface area contributed by atoms with Gasteiger partial charge in [-0.05, 0) is 24.0 Å². The van der Waals surface area contributed by atoms with Crippen LogP contribution in [0.4, 0.5) is 0 Å². The monoisotopic (exact) mass is 276 g/mol. The molecule has 0 heterocycles. The van der Waals surface area contributed by atoms with E-state index < -0.39 is 11.4 Å². The minimum Gasteiger partial charge on any atom is -0.481 e. The lowest BCUT2D eigenvalue weighted by molar-refractivity contribution is -0.143. The Balaban J connectivity index is 2.06. The van der Waals surface area contributed by atoms with Crippen molar-refractivity contribution in [2.75, 3.05) is 0 Å². The Labute approximate surface area is 120 Å². The van der Waals surface area contributed by atoms with E-state index in [1.165, 1.54) is 0 Å². The minimum atomic E-state index is -0.696. The van der Waals surface area contributed by atoms with Gasteiger partial charge >= 0.3 is 5.97 Å². The van der Waals surface area contributed by atoms with Crippen LogP contribution < -0.4 is 5.73 Å². The third-order valence-corrected chi connectivity index (χ3v) is 4.22. The Morgan fingerprint density at radius 2 is 2.15 bits per heavy atom. The van der Waals surface area contributed by atoms with Gasteiger partial charge in [-0.25, -0.2) is 0 Å². The summed E-state index contributed by atoms with van der Waals surface area (Å²) in [6, 6.07) is 7.51. The fourth-order valence-corrected chi connectivity index (χ4v) is 2.91. The highest BCUT2D eigenvalue weighted by molar-refractivity contribution is 5.80. The number of unbranched alkanes of at least 4 members (excludes halogenated alkanes) is 1. The maximum absolute atomic E-state index is 11.6. The zero-order chi connectivity index (χ0) is 15.5. The molecule has 4 heteroatoms. The van der Waals surface area contributed by atoms with Gasteiger partial charge in [-0.1, -0.05) is 44.0 Å². The number of nitrogens with two attached hydrogens (primary N) is 1. The van der Waals surface area contributed by atoms with Crippen molar-refractivity contribution in [3.05, 3.63) is 35.4 Å². The molecule has 1 fully saturated rings. The van der Waals surface area contributed by atoms with Gasteiger partial charge in [-0.15, -0.1) is 0 Å². The van der Waals surface area contributed by atoms with Crippen molar-refractivity contribution < 1.29 is 16.1 Å². The molecule has 0 bridgehead atoms. The van der Waals surface area contributed by atoms with Crippen LogP contribution in [0.3, 0.4) is 0 Å². The largest absolute Gasteiger partial charge is 0.481 e. The summed E-state index contributed by atoms with van der Waals surface area (Å²) in [5.41, 5.74) is 3.12. The molecule has 1 aliphatic carbocycles. The smallest absolute Gasteiger partial charge is 0.310 e. The number of hydrogen-bond acceptors (Lipinski definition) is 2. The summed E-state index contributed by atoms with van der Waals surface area (Å²) in [5, 5.41) is 9.49. The Kier molecular flexibility index (Phi) is 3.72. The van der Waals surface area contributed by atoms with Crippen molar-refractivity contribution in [2.45, 2.75) is 44.9 Å². The predicted octanol–water partition coefficient (Wildman–Crippen LogP) is 2.46. The van der Waals surface area contributed by atoms with Crippen molar-refractivity contribution in [3.63, 3.8) is 0 Å². The van der Waals surface area contributed by atoms with Crippen LogP contribution in [-0.4, -0.2) is 17.0 Å². The number of primary amides is 1. The Hall–Kier alpha value is -1.84. The van der Waals surface area contributed by atoms with E-state index in [2.05, 4.69) is 6.92 Å². The SMILES string of the molecule is [2H]NC(=O)Cc1ccc(C2CC2(CCCC)C(=O)O)cc1. The topological polar surface area (TPSA) is 80.4 Å². The molecule has 108 valence electrons. The quantitative estimate of drug-likeness (QED) is 0.802. The maximum Gasteiger partial charge on any atom is 0.310 e. The van der Waals surface area contributed by atoms with Gasteiger partial charge < -0.3 is 10.8 Å². The molecule has 2 rings (SSSR count). The maximum atomic E-state index is 11.6. The summed E-state index contributed by atoms with van der Waals surface area (Å²) in [6.07, 6.45) is 3.54. The summed E-state index contributed by atoms with van der Waals surface area (Å²) in [7, 11) is 0. The van der Waals surface area contributed by atoms with E-state index in [0.29, 0.717) is 6.42 Å². The van der Waals surface area contributed by atoms with E-state index in [9.17, 15) is 14.7 Å². The van der Waals surface area contributed by atoms with E-state index in [1.807, 2.05) is 30.0 Å². The fourth-order valence-electron chi connectivity index (χ4n) is 2.91. The molecule has 0 aliphatic heterocycles. The zero-order valence-corrected chi connectivity index (χ0v) is 11.7. The number of rotatable bonds is 7. The van der Waals surface area contributed by atoms with E-state index in [4.69, 9.17) is 1.41 Å². The van der Waals surface area contributed by atoms with Gasteiger partial charge in [0.15, 0.2) is 1.41 Å². The van der Waals surface area contributed by atoms with Crippen LogP contribution in [0.25, 0.3) is 0 Å². The molecule has 2 atom stereocenters. The van der Waals surface area contributed by atoms with Crippen molar-refractivity contribution in [2.24, 2.45) is 11.1 Å². The molecule has 1 saturated carbocycles. The predicted molar refractivity (Wildman–Crippen MR) is 76.3 cm³/mol. The first-order valence-electron chi connectivity index (χ1n) is 7.56. The Bertz CT molecular complexity index is 529. The molecular formula is C16H21NO3. The minimum absolute atomic E-state index is 0.0839. The zero-order valence-electron chi connectivity index (χ0n) is 12.7. The molecular weight excluding hydrogens is 254 g/mol. The highest BCUT2D eigenvalue weighted by Crippen LogP contribution is 2.62. The van der Waals surface area contributed by atoms with Crippen LogP contribution in [0.1, 0.15) is 49.7 Å². The second-order valence-electron chi connectivity index (χ2n) is 5.66. The van der Waals surface area contributed by atoms with Gasteiger partial charge in [0.05, 0.1) is 11.8 Å². The molecule has 0 spiro atoms. The van der Waals surface area contributed by atoms with Crippen LogP contribution >= 0.6 is 0 Å². The third-order valence-electron chi connectivity index (χ3n) is 4.22. The fraction of sp³-hybridized carbons (Fsp3) is 0.500. The Morgan fingerprint density at radius 1 is 1.45 bits per heavy atom. The van der Waals surface area contributed by atoms with Crippen molar-refractivity contribution in [1.29, 1.82) is 0 Å². The summed E-state index contributed by atoms with van der Waals surface area (Å²) in [4.78, 5) is 22.7. The average Bonchev–Trinajstić information content (AvgIpc) is 3.22. The molecule has 20 heavy (non-hydrogen) atoms. The van der Waals surface area contributed by atoms with Gasteiger partial charge in [-0.3, -0.25) is 9.59 Å². The Morgan fingerprint density at radius 3 is 2.70 bits per heavy atom. The first kappa shape index (κ1) is 13.2. The lowest BCUT2D eigenvalue weighted by Gasteiger charge is -2.12. The molecule has 0 aromatic heterocycles. The van der Waals surface area contributed by atoms with Crippen molar-refractivity contribution >= 4 is 11.9 Å². The summed E-state index contributed by atoms with van der Waals surface area (Å²) < 4.78 is 6.78. The van der Waals surface area contributed by atoms with Crippen LogP contribution in [0.2, 0.25) is 1.41 Å². The normalized spacial score (nSPS) is 24.9. The van der Waals surface area contributed by atoms with E-state index in [1.54, 1.807) is 0 Å². The average molecular weight is 276 g/mol. The first-order chi connectivity index (χ1) is 10.0. The summed E-state index contributed by atoms with van der Waals surface area (Å²) in [6.45, 7) is 2.07. The lowest BCUT2D eigenvalue weighted by atomic mass is 9.93. The van der Waals surface area contributed by atoms with Crippen LogP contribution in [0, 0.1) is 5.41 Å². The highest BCUT2D eigenvalue weighted by atomic mass is 16.4. The lowest BCUT2D eigenvalue weighted by Crippen LogP contribution is -2.17. The summed E-state index contributed by atoms with van der Waals surface area (Å²) >= 11 is 0. The molecule has 2 unspecified atom stereocenters. The van der Waals surface area contributed by atoms with Gasteiger partial charge in [0.1, 0.15) is 0 Å². The first-order valence-corrected chi connectivity index (χ1v) is 7.06. The number of carboxylic acids is 1. The number of benzene rings is 1. The number of amides is 1. The second-order valence-corrected chi connectivity index (χ2v) is 5.66. The molecule has 1 aliphatic rings. The second kappa shape index (κ2) is 5.65. The molecule has 1 amide bonds. The van der Waals surface area contributed by atoms with Gasteiger partial charge in [0.25, 0.3) is 0 Å². The third kappa shape index (κ3) is 2.84. The number of carbonyl (C=O) groups is 2. The highest BCUT2D eigenvalue weighted by Gasteiger charge is 2.59.